The Morgan fingerprint density at radius 1 is 1.61 bits per heavy atom. The molecule has 0 aliphatic heterocycles. The van der Waals surface area contributed by atoms with Gasteiger partial charge in [0.2, 0.25) is 0 Å². The van der Waals surface area contributed by atoms with E-state index >= 15 is 0 Å². The highest BCUT2D eigenvalue weighted by Crippen LogP contribution is 2.37. The fourth-order valence-corrected chi connectivity index (χ4v) is 2.64. The molecule has 2 rings (SSSR count). The molecule has 5 heteroatoms. The Balaban J connectivity index is 2.02. The maximum atomic E-state index is 12.1. The Morgan fingerprint density at radius 3 is 2.83 bits per heavy atom. The topological polar surface area (TPSA) is 83.8 Å². The number of H-pyrrole nitrogens is 1. The van der Waals surface area contributed by atoms with E-state index in [1.807, 2.05) is 6.92 Å². The standard InChI is InChI=1S/C13H22N4O/c1-4-9-10(14)11(17-16-9)12(18)15-8-5-6-13(2,3)7-8/h8H,4-7,14H2,1-3H3,(H,15,18)(H,16,17). The van der Waals surface area contributed by atoms with Crippen LogP contribution >= 0.6 is 0 Å². The number of nitrogen functional groups attached to an aromatic ring is 1. The number of hydrogen-bond acceptors (Lipinski definition) is 3. The number of carbonyl (C=O) groups excluding carboxylic acids is 1. The van der Waals surface area contributed by atoms with E-state index in [0.29, 0.717) is 16.8 Å². The van der Waals surface area contributed by atoms with Crippen molar-refractivity contribution in [3.63, 3.8) is 0 Å². The summed E-state index contributed by atoms with van der Waals surface area (Å²) in [6.07, 6.45) is 3.95. The van der Waals surface area contributed by atoms with Gasteiger partial charge >= 0.3 is 0 Å². The second-order valence-electron chi connectivity index (χ2n) is 5.90. The maximum Gasteiger partial charge on any atom is 0.274 e. The van der Waals surface area contributed by atoms with E-state index < -0.39 is 0 Å². The first kappa shape index (κ1) is 12.9. The quantitative estimate of drug-likeness (QED) is 0.765. The molecule has 5 nitrogen and oxygen atoms in total. The summed E-state index contributed by atoms with van der Waals surface area (Å²) in [5.74, 6) is -0.161. The minimum absolute atomic E-state index is 0.161. The molecule has 1 aromatic rings. The molecule has 0 radical (unpaired) electrons. The Morgan fingerprint density at radius 2 is 2.33 bits per heavy atom. The molecule has 1 aliphatic rings. The predicted molar refractivity (Wildman–Crippen MR) is 71.3 cm³/mol. The van der Waals surface area contributed by atoms with Crippen molar-refractivity contribution in [1.29, 1.82) is 0 Å². The summed E-state index contributed by atoms with van der Waals surface area (Å²) < 4.78 is 0. The van der Waals surface area contributed by atoms with Gasteiger partial charge in [0.15, 0.2) is 5.69 Å². The summed E-state index contributed by atoms with van der Waals surface area (Å²) in [4.78, 5) is 12.1. The molecule has 0 spiro atoms. The molecule has 1 unspecified atom stereocenters. The molecule has 1 aromatic heterocycles. The summed E-state index contributed by atoms with van der Waals surface area (Å²) in [6.45, 7) is 6.44. The molecule has 0 aromatic carbocycles. The molecule has 1 fully saturated rings. The van der Waals surface area contributed by atoms with Crippen molar-refractivity contribution in [2.24, 2.45) is 5.41 Å². The Kier molecular flexibility index (Phi) is 3.32. The van der Waals surface area contributed by atoms with Gasteiger partial charge in [-0.15, -0.1) is 0 Å². The fourth-order valence-electron chi connectivity index (χ4n) is 2.64. The van der Waals surface area contributed by atoms with E-state index in [-0.39, 0.29) is 11.9 Å². The van der Waals surface area contributed by atoms with Crippen molar-refractivity contribution < 1.29 is 4.79 Å². The lowest BCUT2D eigenvalue weighted by molar-refractivity contribution is 0.0932. The van der Waals surface area contributed by atoms with Gasteiger partial charge in [0.1, 0.15) is 0 Å². The molecular formula is C13H22N4O. The normalized spacial score (nSPS) is 22.1. The molecule has 1 heterocycles. The average Bonchev–Trinajstić information content (AvgIpc) is 2.81. The molecule has 1 amide bonds. The number of hydrogen-bond donors (Lipinski definition) is 3. The molecular weight excluding hydrogens is 228 g/mol. The van der Waals surface area contributed by atoms with E-state index in [9.17, 15) is 4.79 Å². The van der Waals surface area contributed by atoms with Gasteiger partial charge in [-0.2, -0.15) is 5.10 Å². The average molecular weight is 250 g/mol. The van der Waals surface area contributed by atoms with E-state index in [1.54, 1.807) is 0 Å². The van der Waals surface area contributed by atoms with Crippen molar-refractivity contribution in [1.82, 2.24) is 15.5 Å². The number of aryl methyl sites for hydroxylation is 1. The number of anilines is 1. The first-order chi connectivity index (χ1) is 8.43. The molecule has 0 saturated heterocycles. The van der Waals surface area contributed by atoms with Crippen LogP contribution in [-0.4, -0.2) is 22.1 Å². The number of aromatic amines is 1. The van der Waals surface area contributed by atoms with Gasteiger partial charge in [-0.3, -0.25) is 9.89 Å². The highest BCUT2D eigenvalue weighted by molar-refractivity contribution is 5.97. The molecule has 100 valence electrons. The second kappa shape index (κ2) is 4.63. The summed E-state index contributed by atoms with van der Waals surface area (Å²) in [6, 6.07) is 0.244. The number of nitrogens with two attached hydrogens (primary N) is 1. The van der Waals surface area contributed by atoms with Crippen LogP contribution in [0.1, 0.15) is 56.2 Å². The molecule has 4 N–H and O–H groups in total. The summed E-state index contributed by atoms with van der Waals surface area (Å²) >= 11 is 0. The molecule has 0 bridgehead atoms. The van der Waals surface area contributed by atoms with E-state index in [4.69, 9.17) is 5.73 Å². The lowest BCUT2D eigenvalue weighted by Gasteiger charge is -2.17. The SMILES string of the molecule is CCc1[nH]nc(C(=O)NC2CCC(C)(C)C2)c1N. The summed E-state index contributed by atoms with van der Waals surface area (Å²) in [5, 5.41) is 9.84. The van der Waals surface area contributed by atoms with Crippen molar-refractivity contribution in [3.05, 3.63) is 11.4 Å². The van der Waals surface area contributed by atoms with Crippen LogP contribution < -0.4 is 11.1 Å². The number of nitrogens with one attached hydrogen (secondary N) is 2. The lowest BCUT2D eigenvalue weighted by Crippen LogP contribution is -2.34. The lowest BCUT2D eigenvalue weighted by atomic mass is 9.92. The maximum absolute atomic E-state index is 12.1. The van der Waals surface area contributed by atoms with Gasteiger partial charge in [0.05, 0.1) is 11.4 Å². The van der Waals surface area contributed by atoms with E-state index in [0.717, 1.165) is 31.4 Å². The van der Waals surface area contributed by atoms with Crippen LogP contribution in [0.3, 0.4) is 0 Å². The first-order valence-corrected chi connectivity index (χ1v) is 6.56. The minimum atomic E-state index is -0.161. The molecule has 1 atom stereocenters. The summed E-state index contributed by atoms with van der Waals surface area (Å²) in [5.41, 5.74) is 7.85. The zero-order valence-electron chi connectivity index (χ0n) is 11.3. The Labute approximate surface area is 108 Å². The zero-order chi connectivity index (χ0) is 13.3. The number of nitrogens with zero attached hydrogens (tertiary/aromatic N) is 1. The number of carbonyl (C=O) groups is 1. The third-order valence-electron chi connectivity index (χ3n) is 3.76. The fraction of sp³-hybridized carbons (Fsp3) is 0.692. The second-order valence-corrected chi connectivity index (χ2v) is 5.90. The highest BCUT2D eigenvalue weighted by atomic mass is 16.2. The summed E-state index contributed by atoms with van der Waals surface area (Å²) in [7, 11) is 0. The molecule has 1 saturated carbocycles. The van der Waals surface area contributed by atoms with Crippen molar-refractivity contribution in [2.75, 3.05) is 5.73 Å². The number of amides is 1. The van der Waals surface area contributed by atoms with Crippen molar-refractivity contribution >= 4 is 11.6 Å². The van der Waals surface area contributed by atoms with Gasteiger partial charge in [-0.05, 0) is 31.1 Å². The van der Waals surface area contributed by atoms with Crippen LogP contribution in [0.4, 0.5) is 5.69 Å². The van der Waals surface area contributed by atoms with Crippen LogP contribution in [0.15, 0.2) is 0 Å². The number of aromatic nitrogens is 2. The Bertz CT molecular complexity index is 450. The largest absolute Gasteiger partial charge is 0.395 e. The van der Waals surface area contributed by atoms with Gasteiger partial charge in [0.25, 0.3) is 5.91 Å². The van der Waals surface area contributed by atoms with Crippen LogP contribution in [-0.2, 0) is 6.42 Å². The predicted octanol–water partition coefficient (Wildman–Crippen LogP) is 1.86. The highest BCUT2D eigenvalue weighted by Gasteiger charge is 2.32. The monoisotopic (exact) mass is 250 g/mol. The minimum Gasteiger partial charge on any atom is -0.395 e. The van der Waals surface area contributed by atoms with Gasteiger partial charge in [-0.1, -0.05) is 20.8 Å². The third kappa shape index (κ3) is 2.49. The van der Waals surface area contributed by atoms with Crippen LogP contribution in [0.5, 0.6) is 0 Å². The zero-order valence-corrected chi connectivity index (χ0v) is 11.3. The number of rotatable bonds is 3. The van der Waals surface area contributed by atoms with Crippen LogP contribution in [0, 0.1) is 5.41 Å². The Hall–Kier alpha value is -1.52. The smallest absolute Gasteiger partial charge is 0.274 e. The molecule has 1 aliphatic carbocycles. The van der Waals surface area contributed by atoms with Gasteiger partial charge in [-0.25, -0.2) is 0 Å². The third-order valence-corrected chi connectivity index (χ3v) is 3.76. The molecule has 18 heavy (non-hydrogen) atoms. The van der Waals surface area contributed by atoms with Crippen LogP contribution in [0.25, 0.3) is 0 Å². The van der Waals surface area contributed by atoms with E-state index in [2.05, 4.69) is 29.4 Å². The first-order valence-electron chi connectivity index (χ1n) is 6.56. The van der Waals surface area contributed by atoms with Crippen LogP contribution in [0.2, 0.25) is 0 Å². The van der Waals surface area contributed by atoms with Crippen molar-refractivity contribution in [2.45, 2.75) is 52.5 Å². The van der Waals surface area contributed by atoms with Gasteiger partial charge in [0, 0.05) is 6.04 Å². The van der Waals surface area contributed by atoms with Crippen molar-refractivity contribution in [3.8, 4) is 0 Å². The van der Waals surface area contributed by atoms with E-state index in [1.165, 1.54) is 0 Å². The van der Waals surface area contributed by atoms with Gasteiger partial charge < -0.3 is 11.1 Å².